The number of hydrogen-bond donors (Lipinski definition) is 1. The van der Waals surface area contributed by atoms with Crippen LogP contribution in [-0.4, -0.2) is 24.8 Å². The SMILES string of the molecule is CCn1c(=O)n(CC)c(=O)n(CC(=O)O)c1=O. The molecule has 0 aliphatic carbocycles. The number of aromatic nitrogens is 3. The number of rotatable bonds is 4. The van der Waals surface area contributed by atoms with Crippen molar-refractivity contribution in [2.24, 2.45) is 0 Å². The Hall–Kier alpha value is -2.12. The predicted molar refractivity (Wildman–Crippen MR) is 58.2 cm³/mol. The molecular weight excluding hydrogens is 230 g/mol. The minimum absolute atomic E-state index is 0.0809. The third-order valence-electron chi connectivity index (χ3n) is 2.31. The molecule has 1 N–H and O–H groups in total. The summed E-state index contributed by atoms with van der Waals surface area (Å²) in [6, 6.07) is 0. The average Bonchev–Trinajstić information content (AvgIpc) is 2.25. The number of carbonyl (C=O) groups is 1. The molecule has 0 fully saturated rings. The van der Waals surface area contributed by atoms with Gasteiger partial charge in [0.2, 0.25) is 0 Å². The lowest BCUT2D eigenvalue weighted by Gasteiger charge is -2.09. The largest absolute Gasteiger partial charge is 0.480 e. The Morgan fingerprint density at radius 2 is 1.29 bits per heavy atom. The molecule has 0 atom stereocenters. The predicted octanol–water partition coefficient (Wildman–Crippen LogP) is -1.70. The van der Waals surface area contributed by atoms with Gasteiger partial charge in [0.1, 0.15) is 6.54 Å². The van der Waals surface area contributed by atoms with E-state index in [0.717, 1.165) is 9.13 Å². The summed E-state index contributed by atoms with van der Waals surface area (Å²) in [5.74, 6) is -1.31. The minimum Gasteiger partial charge on any atom is -0.480 e. The van der Waals surface area contributed by atoms with Crippen molar-refractivity contribution in [3.8, 4) is 0 Å². The van der Waals surface area contributed by atoms with Crippen LogP contribution >= 0.6 is 0 Å². The maximum absolute atomic E-state index is 11.7. The van der Waals surface area contributed by atoms with E-state index >= 15 is 0 Å². The van der Waals surface area contributed by atoms with Crippen LogP contribution in [0.5, 0.6) is 0 Å². The summed E-state index contributed by atoms with van der Waals surface area (Å²) in [4.78, 5) is 45.6. The summed E-state index contributed by atoms with van der Waals surface area (Å²) in [5.41, 5.74) is -2.50. The smallest absolute Gasteiger partial charge is 0.336 e. The van der Waals surface area contributed by atoms with Crippen LogP contribution in [0.15, 0.2) is 14.4 Å². The average molecular weight is 243 g/mol. The fraction of sp³-hybridized carbons (Fsp3) is 0.556. The van der Waals surface area contributed by atoms with E-state index in [9.17, 15) is 19.2 Å². The molecule has 0 aromatic carbocycles. The maximum atomic E-state index is 11.7. The molecule has 17 heavy (non-hydrogen) atoms. The maximum Gasteiger partial charge on any atom is 0.336 e. The highest BCUT2D eigenvalue weighted by atomic mass is 16.4. The van der Waals surface area contributed by atoms with Crippen LogP contribution in [0.25, 0.3) is 0 Å². The molecule has 0 aliphatic rings. The molecule has 94 valence electrons. The molecule has 8 nitrogen and oxygen atoms in total. The van der Waals surface area contributed by atoms with Gasteiger partial charge >= 0.3 is 23.0 Å². The van der Waals surface area contributed by atoms with Crippen molar-refractivity contribution in [1.29, 1.82) is 0 Å². The minimum atomic E-state index is -1.31. The molecule has 0 spiro atoms. The first-order valence-electron chi connectivity index (χ1n) is 5.10. The molecule has 1 aromatic rings. The molecule has 1 aromatic heterocycles. The van der Waals surface area contributed by atoms with Gasteiger partial charge in [-0.25, -0.2) is 28.1 Å². The number of carboxylic acid groups (broad SMARTS) is 1. The highest BCUT2D eigenvalue weighted by Gasteiger charge is 2.14. The third-order valence-corrected chi connectivity index (χ3v) is 2.31. The quantitative estimate of drug-likeness (QED) is 0.678. The van der Waals surface area contributed by atoms with Crippen molar-refractivity contribution in [3.63, 3.8) is 0 Å². The summed E-state index contributed by atoms with van der Waals surface area (Å²) < 4.78 is 2.19. The lowest BCUT2D eigenvalue weighted by atomic mass is 10.6. The van der Waals surface area contributed by atoms with Crippen molar-refractivity contribution in [1.82, 2.24) is 13.7 Å². The molecule has 1 heterocycles. The number of hydrogen-bond acceptors (Lipinski definition) is 4. The van der Waals surface area contributed by atoms with Crippen molar-refractivity contribution in [3.05, 3.63) is 31.5 Å². The van der Waals surface area contributed by atoms with E-state index in [1.54, 1.807) is 13.8 Å². The lowest BCUT2D eigenvalue weighted by molar-refractivity contribution is -0.137. The molecule has 0 amide bonds. The van der Waals surface area contributed by atoms with Gasteiger partial charge in [0.05, 0.1) is 0 Å². The highest BCUT2D eigenvalue weighted by Crippen LogP contribution is 1.76. The topological polar surface area (TPSA) is 103 Å². The summed E-state index contributed by atoms with van der Waals surface area (Å²) >= 11 is 0. The fourth-order valence-electron chi connectivity index (χ4n) is 1.49. The Morgan fingerprint density at radius 1 is 0.941 bits per heavy atom. The summed E-state index contributed by atoms with van der Waals surface area (Å²) in [5, 5.41) is 8.62. The zero-order valence-corrected chi connectivity index (χ0v) is 9.54. The van der Waals surface area contributed by atoms with Crippen LogP contribution in [0.2, 0.25) is 0 Å². The van der Waals surface area contributed by atoms with Gasteiger partial charge in [0.25, 0.3) is 0 Å². The Bertz CT molecular complexity index is 564. The Morgan fingerprint density at radius 3 is 1.59 bits per heavy atom. The fourth-order valence-corrected chi connectivity index (χ4v) is 1.49. The second-order valence-corrected chi connectivity index (χ2v) is 3.32. The normalized spacial score (nSPS) is 10.5. The van der Waals surface area contributed by atoms with E-state index in [1.807, 2.05) is 0 Å². The van der Waals surface area contributed by atoms with E-state index in [-0.39, 0.29) is 13.1 Å². The molecule has 0 radical (unpaired) electrons. The second kappa shape index (κ2) is 4.81. The summed E-state index contributed by atoms with van der Waals surface area (Å²) in [6.45, 7) is 2.55. The van der Waals surface area contributed by atoms with Crippen LogP contribution in [0, 0.1) is 0 Å². The first-order valence-corrected chi connectivity index (χ1v) is 5.10. The number of aliphatic carboxylic acids is 1. The van der Waals surface area contributed by atoms with Gasteiger partial charge in [-0.3, -0.25) is 4.79 Å². The van der Waals surface area contributed by atoms with Crippen molar-refractivity contribution < 1.29 is 9.90 Å². The van der Waals surface area contributed by atoms with E-state index < -0.39 is 29.6 Å². The summed E-state index contributed by atoms with van der Waals surface area (Å²) in [6.07, 6.45) is 0. The van der Waals surface area contributed by atoms with E-state index in [0.29, 0.717) is 4.57 Å². The Labute approximate surface area is 95.4 Å². The number of carboxylic acids is 1. The zero-order chi connectivity index (χ0) is 13.2. The van der Waals surface area contributed by atoms with Gasteiger partial charge in [0, 0.05) is 13.1 Å². The van der Waals surface area contributed by atoms with E-state index in [1.165, 1.54) is 0 Å². The first-order chi connectivity index (χ1) is 7.93. The van der Waals surface area contributed by atoms with Gasteiger partial charge in [0.15, 0.2) is 0 Å². The van der Waals surface area contributed by atoms with Crippen LogP contribution in [0.3, 0.4) is 0 Å². The molecule has 0 saturated carbocycles. The van der Waals surface area contributed by atoms with Crippen LogP contribution < -0.4 is 17.1 Å². The molecule has 0 aliphatic heterocycles. The third kappa shape index (κ3) is 2.19. The highest BCUT2D eigenvalue weighted by molar-refractivity contribution is 5.66. The van der Waals surface area contributed by atoms with Crippen molar-refractivity contribution in [2.45, 2.75) is 33.5 Å². The Kier molecular flexibility index (Phi) is 3.66. The van der Waals surface area contributed by atoms with E-state index in [4.69, 9.17) is 5.11 Å². The van der Waals surface area contributed by atoms with Crippen LogP contribution in [0.1, 0.15) is 13.8 Å². The first kappa shape index (κ1) is 12.9. The van der Waals surface area contributed by atoms with Crippen LogP contribution in [-0.2, 0) is 24.4 Å². The van der Waals surface area contributed by atoms with Gasteiger partial charge in [-0.1, -0.05) is 0 Å². The molecule has 0 unspecified atom stereocenters. The molecule has 8 heteroatoms. The molecule has 0 saturated heterocycles. The summed E-state index contributed by atoms with van der Waals surface area (Å²) in [7, 11) is 0. The molecular formula is C9H13N3O5. The van der Waals surface area contributed by atoms with Gasteiger partial charge in [-0.2, -0.15) is 0 Å². The molecule has 0 bridgehead atoms. The van der Waals surface area contributed by atoms with Gasteiger partial charge in [-0.05, 0) is 13.8 Å². The number of nitrogens with zero attached hydrogens (tertiary/aromatic N) is 3. The van der Waals surface area contributed by atoms with E-state index in [2.05, 4.69) is 0 Å². The van der Waals surface area contributed by atoms with Gasteiger partial charge in [-0.15, -0.1) is 0 Å². The molecule has 1 rings (SSSR count). The standard InChI is InChI=1S/C9H13N3O5/c1-3-10-7(15)11(4-2)9(17)12(8(10)16)5-6(13)14/h3-5H2,1-2H3,(H,13,14). The Balaban J connectivity index is 3.72. The second-order valence-electron chi connectivity index (χ2n) is 3.32. The lowest BCUT2D eigenvalue weighted by Crippen LogP contribution is -2.54. The zero-order valence-electron chi connectivity index (χ0n) is 9.54. The van der Waals surface area contributed by atoms with Crippen molar-refractivity contribution >= 4 is 5.97 Å². The van der Waals surface area contributed by atoms with Crippen molar-refractivity contribution in [2.75, 3.05) is 0 Å². The monoisotopic (exact) mass is 243 g/mol. The van der Waals surface area contributed by atoms with Crippen LogP contribution in [0.4, 0.5) is 0 Å². The van der Waals surface area contributed by atoms with Gasteiger partial charge < -0.3 is 5.11 Å².